The molecule has 1 rings (SSSR count). The molecule has 0 radical (unpaired) electrons. The molecule has 0 aliphatic carbocycles. The molecule has 0 spiro atoms. The van der Waals surface area contributed by atoms with Gasteiger partial charge < -0.3 is 15.2 Å². The predicted octanol–water partition coefficient (Wildman–Crippen LogP) is 2.88. The van der Waals surface area contributed by atoms with Crippen LogP contribution in [0.4, 0.5) is 0 Å². The Bertz CT molecular complexity index is 329. The summed E-state index contributed by atoms with van der Waals surface area (Å²) in [7, 11) is 1.69. The van der Waals surface area contributed by atoms with Crippen LogP contribution in [0.5, 0.6) is 5.75 Å². The van der Waals surface area contributed by atoms with Gasteiger partial charge in [-0.2, -0.15) is 0 Å². The number of benzene rings is 1. The van der Waals surface area contributed by atoms with Gasteiger partial charge in [0.15, 0.2) is 0 Å². The van der Waals surface area contributed by atoms with Crippen molar-refractivity contribution in [2.75, 3.05) is 20.3 Å². The Morgan fingerprint density at radius 1 is 1.38 bits per heavy atom. The Labute approximate surface area is 105 Å². The molecule has 0 fully saturated rings. The van der Waals surface area contributed by atoms with E-state index in [1.54, 1.807) is 7.11 Å². The summed E-state index contributed by atoms with van der Waals surface area (Å²) in [4.78, 5) is 0. The van der Waals surface area contributed by atoms with Crippen LogP contribution in [-0.4, -0.2) is 20.3 Å². The van der Waals surface area contributed by atoms with Crippen molar-refractivity contribution in [3.63, 3.8) is 0 Å². The first kappa shape index (κ1) is 13.5. The zero-order chi connectivity index (χ0) is 12.0. The fourth-order valence-corrected chi connectivity index (χ4v) is 1.81. The maximum Gasteiger partial charge on any atom is 0.133 e. The van der Waals surface area contributed by atoms with E-state index in [-0.39, 0.29) is 6.04 Å². The molecule has 90 valence electrons. The fraction of sp³-hybridized carbons (Fsp3) is 0.500. The molecule has 1 aromatic rings. The summed E-state index contributed by atoms with van der Waals surface area (Å²) in [6.45, 7) is 3.33. The van der Waals surface area contributed by atoms with Gasteiger partial charge in [0.2, 0.25) is 0 Å². The van der Waals surface area contributed by atoms with Crippen molar-refractivity contribution in [1.82, 2.24) is 0 Å². The number of hydrogen-bond donors (Lipinski definition) is 1. The van der Waals surface area contributed by atoms with Gasteiger partial charge in [0.05, 0.1) is 11.1 Å². The van der Waals surface area contributed by atoms with Crippen LogP contribution in [0.15, 0.2) is 22.7 Å². The van der Waals surface area contributed by atoms with Crippen LogP contribution in [0, 0.1) is 0 Å². The molecule has 0 heterocycles. The zero-order valence-electron chi connectivity index (χ0n) is 9.70. The molecule has 4 heteroatoms. The van der Waals surface area contributed by atoms with Crippen molar-refractivity contribution in [3.8, 4) is 5.75 Å². The molecule has 0 bridgehead atoms. The quantitative estimate of drug-likeness (QED) is 0.819. The second-order valence-electron chi connectivity index (χ2n) is 3.67. The van der Waals surface area contributed by atoms with Crippen molar-refractivity contribution in [1.29, 1.82) is 0 Å². The number of hydrogen-bond acceptors (Lipinski definition) is 3. The summed E-state index contributed by atoms with van der Waals surface area (Å²) in [5.41, 5.74) is 6.89. The predicted molar refractivity (Wildman–Crippen MR) is 68.7 cm³/mol. The average Bonchev–Trinajstić information content (AvgIpc) is 2.26. The highest BCUT2D eigenvalue weighted by molar-refractivity contribution is 9.10. The highest BCUT2D eigenvalue weighted by atomic mass is 79.9. The monoisotopic (exact) mass is 287 g/mol. The minimum Gasteiger partial charge on any atom is -0.492 e. The van der Waals surface area contributed by atoms with E-state index >= 15 is 0 Å². The number of ether oxygens (including phenoxy) is 2. The molecule has 1 aromatic carbocycles. The molecular weight excluding hydrogens is 270 g/mol. The SMILES string of the molecule is COCCCOc1ccc([C@@H](C)N)cc1Br. The normalized spacial score (nSPS) is 12.5. The van der Waals surface area contributed by atoms with E-state index in [9.17, 15) is 0 Å². The van der Waals surface area contributed by atoms with E-state index in [0.29, 0.717) is 6.61 Å². The van der Waals surface area contributed by atoms with Gasteiger partial charge in [-0.15, -0.1) is 0 Å². The molecule has 0 amide bonds. The number of halogens is 1. The van der Waals surface area contributed by atoms with Crippen molar-refractivity contribution in [2.24, 2.45) is 5.73 Å². The lowest BCUT2D eigenvalue weighted by atomic mass is 10.1. The lowest BCUT2D eigenvalue weighted by Gasteiger charge is -2.11. The highest BCUT2D eigenvalue weighted by Gasteiger charge is 2.05. The second-order valence-corrected chi connectivity index (χ2v) is 4.53. The number of methoxy groups -OCH3 is 1. The molecule has 0 unspecified atom stereocenters. The van der Waals surface area contributed by atoms with Crippen molar-refractivity contribution >= 4 is 15.9 Å². The first-order chi connectivity index (χ1) is 7.65. The van der Waals surface area contributed by atoms with Crippen molar-refractivity contribution in [3.05, 3.63) is 28.2 Å². The van der Waals surface area contributed by atoms with E-state index in [2.05, 4.69) is 15.9 Å². The van der Waals surface area contributed by atoms with Gasteiger partial charge in [0.1, 0.15) is 5.75 Å². The largest absolute Gasteiger partial charge is 0.492 e. The third-order valence-electron chi connectivity index (χ3n) is 2.23. The Morgan fingerprint density at radius 3 is 2.69 bits per heavy atom. The molecule has 0 aliphatic heterocycles. The van der Waals surface area contributed by atoms with Gasteiger partial charge in [0.25, 0.3) is 0 Å². The first-order valence-electron chi connectivity index (χ1n) is 5.32. The van der Waals surface area contributed by atoms with Gasteiger partial charge in [-0.1, -0.05) is 6.07 Å². The van der Waals surface area contributed by atoms with Crippen LogP contribution in [0.3, 0.4) is 0 Å². The van der Waals surface area contributed by atoms with E-state index in [1.165, 1.54) is 0 Å². The summed E-state index contributed by atoms with van der Waals surface area (Å²) in [6, 6.07) is 5.96. The van der Waals surface area contributed by atoms with E-state index in [1.807, 2.05) is 25.1 Å². The lowest BCUT2D eigenvalue weighted by Crippen LogP contribution is -2.06. The average molecular weight is 288 g/mol. The number of rotatable bonds is 6. The fourth-order valence-electron chi connectivity index (χ4n) is 1.30. The van der Waals surface area contributed by atoms with Crippen LogP contribution < -0.4 is 10.5 Å². The Morgan fingerprint density at radius 2 is 2.12 bits per heavy atom. The van der Waals surface area contributed by atoms with E-state index < -0.39 is 0 Å². The molecule has 2 N–H and O–H groups in total. The van der Waals surface area contributed by atoms with Gasteiger partial charge >= 0.3 is 0 Å². The molecule has 1 atom stereocenters. The van der Waals surface area contributed by atoms with E-state index in [0.717, 1.165) is 28.8 Å². The Kier molecular flexibility index (Phi) is 5.80. The Balaban J connectivity index is 2.54. The standard InChI is InChI=1S/C12H18BrNO2/c1-9(14)10-4-5-12(11(13)8-10)16-7-3-6-15-2/h4-5,8-9H,3,6-7,14H2,1-2H3/t9-/m1/s1. The molecule has 16 heavy (non-hydrogen) atoms. The third-order valence-corrected chi connectivity index (χ3v) is 2.85. The van der Waals surface area contributed by atoms with Gasteiger partial charge in [-0.25, -0.2) is 0 Å². The summed E-state index contributed by atoms with van der Waals surface area (Å²) in [5.74, 6) is 0.848. The number of nitrogens with two attached hydrogens (primary N) is 1. The summed E-state index contributed by atoms with van der Waals surface area (Å²) in [6.07, 6.45) is 0.887. The van der Waals surface area contributed by atoms with Crippen LogP contribution in [0.1, 0.15) is 24.9 Å². The topological polar surface area (TPSA) is 44.5 Å². The van der Waals surface area contributed by atoms with Gasteiger partial charge in [-0.05, 0) is 40.5 Å². The highest BCUT2D eigenvalue weighted by Crippen LogP contribution is 2.27. The minimum absolute atomic E-state index is 0.0406. The van der Waals surface area contributed by atoms with E-state index in [4.69, 9.17) is 15.2 Å². The maximum atomic E-state index is 5.79. The van der Waals surface area contributed by atoms with Crippen LogP contribution in [0.2, 0.25) is 0 Å². The maximum absolute atomic E-state index is 5.79. The summed E-state index contributed by atoms with van der Waals surface area (Å²) >= 11 is 3.47. The Hall–Kier alpha value is -0.580. The molecule has 0 saturated heterocycles. The van der Waals surface area contributed by atoms with Gasteiger partial charge in [0, 0.05) is 26.2 Å². The minimum atomic E-state index is 0.0406. The third kappa shape index (κ3) is 4.12. The van der Waals surface area contributed by atoms with Crippen LogP contribution >= 0.6 is 15.9 Å². The first-order valence-corrected chi connectivity index (χ1v) is 6.11. The molecule has 0 saturated carbocycles. The summed E-state index contributed by atoms with van der Waals surface area (Å²) < 4.78 is 11.5. The van der Waals surface area contributed by atoms with Crippen molar-refractivity contribution in [2.45, 2.75) is 19.4 Å². The van der Waals surface area contributed by atoms with Crippen LogP contribution in [0.25, 0.3) is 0 Å². The molecular formula is C12H18BrNO2. The van der Waals surface area contributed by atoms with Crippen molar-refractivity contribution < 1.29 is 9.47 Å². The van der Waals surface area contributed by atoms with Gasteiger partial charge in [-0.3, -0.25) is 0 Å². The summed E-state index contributed by atoms with van der Waals surface area (Å²) in [5, 5.41) is 0. The lowest BCUT2D eigenvalue weighted by molar-refractivity contribution is 0.172. The zero-order valence-corrected chi connectivity index (χ0v) is 11.3. The smallest absolute Gasteiger partial charge is 0.133 e. The second kappa shape index (κ2) is 6.89. The molecule has 0 aromatic heterocycles. The molecule has 3 nitrogen and oxygen atoms in total. The molecule has 0 aliphatic rings. The van der Waals surface area contributed by atoms with Crippen LogP contribution in [-0.2, 0) is 4.74 Å².